The van der Waals surface area contributed by atoms with Crippen LogP contribution in [0.25, 0.3) is 6.08 Å². The molecule has 4 amide bonds. The van der Waals surface area contributed by atoms with Gasteiger partial charge in [0.15, 0.2) is 0 Å². The fourth-order valence-electron chi connectivity index (χ4n) is 3.56. The summed E-state index contributed by atoms with van der Waals surface area (Å²) >= 11 is 6.17. The van der Waals surface area contributed by atoms with E-state index in [2.05, 4.69) is 5.32 Å². The average molecular weight is 507 g/mol. The molecular formula is C27H23ClN2O6. The third kappa shape index (κ3) is 5.67. The lowest BCUT2D eigenvalue weighted by atomic mass is 10.1. The van der Waals surface area contributed by atoms with Crippen molar-refractivity contribution < 1.29 is 28.6 Å². The SMILES string of the molecule is COc1ccc(N2C(=O)NC(=O)/C(=C/c3cc(Cl)ccc3OCCOc3cccc(C)c3)C2=O)cc1. The number of methoxy groups -OCH3 is 1. The summed E-state index contributed by atoms with van der Waals surface area (Å²) in [6.45, 7) is 2.46. The number of ether oxygens (including phenoxy) is 3. The van der Waals surface area contributed by atoms with Crippen molar-refractivity contribution in [3.05, 3.63) is 88.5 Å². The van der Waals surface area contributed by atoms with Gasteiger partial charge in [-0.05, 0) is 73.2 Å². The lowest BCUT2D eigenvalue weighted by molar-refractivity contribution is -0.122. The summed E-state index contributed by atoms with van der Waals surface area (Å²) in [4.78, 5) is 39.1. The molecule has 0 spiro atoms. The van der Waals surface area contributed by atoms with Gasteiger partial charge in [-0.3, -0.25) is 14.9 Å². The smallest absolute Gasteiger partial charge is 0.335 e. The van der Waals surface area contributed by atoms with Gasteiger partial charge in [0.1, 0.15) is 36.0 Å². The lowest BCUT2D eigenvalue weighted by Gasteiger charge is -2.26. The fourth-order valence-corrected chi connectivity index (χ4v) is 3.74. The predicted molar refractivity (Wildman–Crippen MR) is 136 cm³/mol. The number of hydrogen-bond donors (Lipinski definition) is 1. The van der Waals surface area contributed by atoms with Crippen molar-refractivity contribution in [3.8, 4) is 17.2 Å². The number of urea groups is 1. The van der Waals surface area contributed by atoms with Crippen LogP contribution in [0.3, 0.4) is 0 Å². The maximum atomic E-state index is 13.2. The van der Waals surface area contributed by atoms with Gasteiger partial charge in [0.05, 0.1) is 12.8 Å². The number of aryl methyl sites for hydroxylation is 1. The minimum absolute atomic E-state index is 0.211. The molecule has 1 N–H and O–H groups in total. The van der Waals surface area contributed by atoms with Crippen molar-refractivity contribution in [1.82, 2.24) is 5.32 Å². The number of anilines is 1. The molecule has 8 nitrogen and oxygen atoms in total. The molecule has 9 heteroatoms. The highest BCUT2D eigenvalue weighted by Gasteiger charge is 2.37. The molecule has 184 valence electrons. The summed E-state index contributed by atoms with van der Waals surface area (Å²) in [6, 6.07) is 18.0. The number of halogens is 1. The van der Waals surface area contributed by atoms with Gasteiger partial charge < -0.3 is 14.2 Å². The van der Waals surface area contributed by atoms with Gasteiger partial charge in [-0.1, -0.05) is 23.7 Å². The molecule has 0 atom stereocenters. The number of carbonyl (C=O) groups is 3. The standard InChI is InChI=1S/C27H23ClN2O6/c1-17-4-3-5-22(14-17)35-12-13-36-24-11-6-19(28)15-18(24)16-23-25(31)29-27(33)30(26(23)32)20-7-9-21(34-2)10-8-20/h3-11,14-16H,12-13H2,1-2H3,(H,29,31,33)/b23-16-. The first-order chi connectivity index (χ1) is 17.4. The van der Waals surface area contributed by atoms with Crippen molar-refractivity contribution in [2.75, 3.05) is 25.2 Å². The minimum Gasteiger partial charge on any atom is -0.497 e. The second kappa shape index (κ2) is 11.0. The number of hydrogen-bond acceptors (Lipinski definition) is 6. The summed E-state index contributed by atoms with van der Waals surface area (Å²) < 4.78 is 16.7. The van der Waals surface area contributed by atoms with E-state index in [4.69, 9.17) is 25.8 Å². The molecule has 0 unspecified atom stereocenters. The highest BCUT2D eigenvalue weighted by molar-refractivity contribution is 6.39. The van der Waals surface area contributed by atoms with E-state index < -0.39 is 17.8 Å². The molecule has 1 fully saturated rings. The molecule has 0 aliphatic carbocycles. The van der Waals surface area contributed by atoms with Gasteiger partial charge in [-0.2, -0.15) is 0 Å². The Balaban J connectivity index is 1.54. The highest BCUT2D eigenvalue weighted by Crippen LogP contribution is 2.28. The zero-order chi connectivity index (χ0) is 25.7. The van der Waals surface area contributed by atoms with Crippen molar-refractivity contribution in [2.45, 2.75) is 6.92 Å². The second-order valence-electron chi connectivity index (χ2n) is 7.85. The fraction of sp³-hybridized carbons (Fsp3) is 0.148. The molecule has 1 aliphatic rings. The Morgan fingerprint density at radius 3 is 2.39 bits per heavy atom. The van der Waals surface area contributed by atoms with Gasteiger partial charge in [0.2, 0.25) is 0 Å². The molecule has 0 aromatic heterocycles. The van der Waals surface area contributed by atoms with E-state index in [-0.39, 0.29) is 24.5 Å². The molecule has 0 radical (unpaired) electrons. The largest absolute Gasteiger partial charge is 0.497 e. The van der Waals surface area contributed by atoms with Gasteiger partial charge in [-0.25, -0.2) is 9.69 Å². The van der Waals surface area contributed by atoms with Gasteiger partial charge in [-0.15, -0.1) is 0 Å². The molecule has 1 saturated heterocycles. The predicted octanol–water partition coefficient (Wildman–Crippen LogP) is 4.78. The molecule has 3 aromatic rings. The zero-order valence-electron chi connectivity index (χ0n) is 19.6. The van der Waals surface area contributed by atoms with Crippen LogP contribution >= 0.6 is 11.6 Å². The Bertz CT molecular complexity index is 1340. The monoisotopic (exact) mass is 506 g/mol. The van der Waals surface area contributed by atoms with Crippen LogP contribution in [0.15, 0.2) is 72.3 Å². The Morgan fingerprint density at radius 1 is 0.917 bits per heavy atom. The van der Waals surface area contributed by atoms with E-state index in [1.165, 1.54) is 13.2 Å². The van der Waals surface area contributed by atoms with E-state index >= 15 is 0 Å². The van der Waals surface area contributed by atoms with Crippen molar-refractivity contribution in [2.24, 2.45) is 0 Å². The molecule has 3 aromatic carbocycles. The second-order valence-corrected chi connectivity index (χ2v) is 8.29. The van der Waals surface area contributed by atoms with E-state index in [0.29, 0.717) is 22.1 Å². The molecule has 4 rings (SSSR count). The number of barbiturate groups is 1. The first-order valence-corrected chi connectivity index (χ1v) is 11.4. The zero-order valence-corrected chi connectivity index (χ0v) is 20.4. The lowest BCUT2D eigenvalue weighted by Crippen LogP contribution is -2.54. The summed E-state index contributed by atoms with van der Waals surface area (Å²) in [5, 5.41) is 2.59. The van der Waals surface area contributed by atoms with Crippen LogP contribution < -0.4 is 24.4 Å². The first kappa shape index (κ1) is 24.8. The van der Waals surface area contributed by atoms with Crippen molar-refractivity contribution in [3.63, 3.8) is 0 Å². The number of nitrogens with one attached hydrogen (secondary N) is 1. The third-order valence-electron chi connectivity index (χ3n) is 5.30. The van der Waals surface area contributed by atoms with Crippen LogP contribution in [-0.2, 0) is 9.59 Å². The van der Waals surface area contributed by atoms with E-state index in [1.54, 1.807) is 42.5 Å². The summed E-state index contributed by atoms with van der Waals surface area (Å²) in [5.74, 6) is 0.0895. The number of rotatable bonds is 8. The van der Waals surface area contributed by atoms with Crippen molar-refractivity contribution in [1.29, 1.82) is 0 Å². The number of amides is 4. The van der Waals surface area contributed by atoms with Gasteiger partial charge >= 0.3 is 6.03 Å². The van der Waals surface area contributed by atoms with E-state index in [0.717, 1.165) is 16.2 Å². The molecule has 36 heavy (non-hydrogen) atoms. The Hall–Kier alpha value is -4.30. The van der Waals surface area contributed by atoms with Crippen LogP contribution in [0.4, 0.5) is 10.5 Å². The average Bonchev–Trinajstić information content (AvgIpc) is 2.86. The van der Waals surface area contributed by atoms with Crippen LogP contribution in [0.2, 0.25) is 5.02 Å². The Morgan fingerprint density at radius 2 is 1.67 bits per heavy atom. The van der Waals surface area contributed by atoms with Crippen LogP contribution in [0.1, 0.15) is 11.1 Å². The molecular weight excluding hydrogens is 484 g/mol. The number of carbonyl (C=O) groups excluding carboxylic acids is 3. The quantitative estimate of drug-likeness (QED) is 0.268. The normalized spacial score (nSPS) is 14.6. The van der Waals surface area contributed by atoms with Gasteiger partial charge in [0.25, 0.3) is 11.8 Å². The molecule has 1 heterocycles. The topological polar surface area (TPSA) is 94.2 Å². The van der Waals surface area contributed by atoms with Crippen molar-refractivity contribution >= 4 is 41.2 Å². The minimum atomic E-state index is -0.844. The van der Waals surface area contributed by atoms with Crippen LogP contribution in [0, 0.1) is 6.92 Å². The third-order valence-corrected chi connectivity index (χ3v) is 5.54. The number of nitrogens with zero attached hydrogens (tertiary/aromatic N) is 1. The van der Waals surface area contributed by atoms with Gasteiger partial charge in [0, 0.05) is 10.6 Å². The summed E-state index contributed by atoms with van der Waals surface area (Å²) in [6.07, 6.45) is 1.35. The number of benzene rings is 3. The molecule has 1 aliphatic heterocycles. The maximum Gasteiger partial charge on any atom is 0.335 e. The van der Waals surface area contributed by atoms with E-state index in [9.17, 15) is 14.4 Å². The highest BCUT2D eigenvalue weighted by atomic mass is 35.5. The summed E-state index contributed by atoms with van der Waals surface area (Å²) in [7, 11) is 1.51. The molecule has 0 bridgehead atoms. The molecule has 0 saturated carbocycles. The first-order valence-electron chi connectivity index (χ1n) is 11.0. The number of imide groups is 2. The van der Waals surface area contributed by atoms with Crippen LogP contribution in [0.5, 0.6) is 17.2 Å². The Labute approximate surface area is 213 Å². The Kier molecular flexibility index (Phi) is 7.56. The summed E-state index contributed by atoms with van der Waals surface area (Å²) in [5.41, 5.74) is 1.53. The van der Waals surface area contributed by atoms with E-state index in [1.807, 2.05) is 31.2 Å². The van der Waals surface area contributed by atoms with Crippen LogP contribution in [-0.4, -0.2) is 38.2 Å². The maximum absolute atomic E-state index is 13.2.